The van der Waals surface area contributed by atoms with E-state index < -0.39 is 0 Å². The van der Waals surface area contributed by atoms with Gasteiger partial charge in [0.15, 0.2) is 0 Å². The molecule has 0 saturated carbocycles. The lowest BCUT2D eigenvalue weighted by Gasteiger charge is -2.36. The van der Waals surface area contributed by atoms with Crippen LogP contribution in [0.3, 0.4) is 0 Å². The minimum atomic E-state index is 0.162. The van der Waals surface area contributed by atoms with Gasteiger partial charge in [0.25, 0.3) is 0 Å². The zero-order valence-electron chi connectivity index (χ0n) is 8.77. The fraction of sp³-hybridized carbons (Fsp3) is 0.455. The molecule has 15 heavy (non-hydrogen) atoms. The average molecular weight is 202 g/mol. The summed E-state index contributed by atoms with van der Waals surface area (Å²) in [6, 6.07) is 4.26. The molecule has 4 nitrogen and oxygen atoms in total. The van der Waals surface area contributed by atoms with Crippen molar-refractivity contribution in [3.63, 3.8) is 0 Å². The van der Waals surface area contributed by atoms with Crippen LogP contribution in [-0.4, -0.2) is 18.1 Å². The molecule has 4 heteroatoms. The Labute approximate surface area is 89.3 Å². The second-order valence-corrected chi connectivity index (χ2v) is 3.83. The summed E-state index contributed by atoms with van der Waals surface area (Å²) < 4.78 is 0. The highest BCUT2D eigenvalue weighted by Gasteiger charge is 2.27. The van der Waals surface area contributed by atoms with Crippen molar-refractivity contribution in [2.45, 2.75) is 13.3 Å². The molecule has 2 N–H and O–H groups in total. The van der Waals surface area contributed by atoms with Crippen molar-refractivity contribution in [3.8, 4) is 6.07 Å². The van der Waals surface area contributed by atoms with Gasteiger partial charge < -0.3 is 10.6 Å². The maximum absolute atomic E-state index is 8.68. The Morgan fingerprint density at radius 3 is 3.00 bits per heavy atom. The number of nitriles is 1. The number of hydrogen-bond donors (Lipinski definition) is 1. The van der Waals surface area contributed by atoms with E-state index in [4.69, 9.17) is 11.0 Å². The van der Waals surface area contributed by atoms with Gasteiger partial charge in [0.1, 0.15) is 5.82 Å². The van der Waals surface area contributed by atoms with Crippen LogP contribution in [0.2, 0.25) is 0 Å². The Morgan fingerprint density at radius 1 is 1.67 bits per heavy atom. The van der Waals surface area contributed by atoms with E-state index in [0.29, 0.717) is 0 Å². The van der Waals surface area contributed by atoms with Gasteiger partial charge in [-0.3, -0.25) is 0 Å². The van der Waals surface area contributed by atoms with E-state index in [9.17, 15) is 0 Å². The van der Waals surface area contributed by atoms with Crippen LogP contribution in [0.4, 0.5) is 11.5 Å². The van der Waals surface area contributed by atoms with Crippen molar-refractivity contribution in [2.24, 2.45) is 5.92 Å². The van der Waals surface area contributed by atoms with E-state index >= 15 is 0 Å². The minimum absolute atomic E-state index is 0.162. The van der Waals surface area contributed by atoms with E-state index in [-0.39, 0.29) is 5.92 Å². The summed E-state index contributed by atoms with van der Waals surface area (Å²) in [5.74, 6) is 1.10. The molecular formula is C11H14N4. The maximum atomic E-state index is 8.68. The molecule has 2 rings (SSSR count). The second kappa shape index (κ2) is 3.77. The third kappa shape index (κ3) is 1.73. The highest BCUT2D eigenvalue weighted by Crippen LogP contribution is 2.24. The summed E-state index contributed by atoms with van der Waals surface area (Å²) in [6.45, 7) is 3.65. The van der Waals surface area contributed by atoms with Gasteiger partial charge >= 0.3 is 0 Å². The molecule has 0 atom stereocenters. The molecule has 0 spiro atoms. The molecule has 0 amide bonds. The Kier molecular flexibility index (Phi) is 2.46. The summed E-state index contributed by atoms with van der Waals surface area (Å²) in [7, 11) is 0. The SMILES string of the molecule is CCc1cc(N2CC(C#N)C2)ncc1N. The molecule has 1 aliphatic rings. The van der Waals surface area contributed by atoms with Crippen molar-refractivity contribution in [3.05, 3.63) is 17.8 Å². The van der Waals surface area contributed by atoms with E-state index in [2.05, 4.69) is 22.9 Å². The van der Waals surface area contributed by atoms with Gasteiger partial charge in [-0.15, -0.1) is 0 Å². The normalized spacial score (nSPS) is 15.9. The van der Waals surface area contributed by atoms with Gasteiger partial charge in [-0.1, -0.05) is 6.92 Å². The Morgan fingerprint density at radius 2 is 2.40 bits per heavy atom. The van der Waals surface area contributed by atoms with Crippen LogP contribution < -0.4 is 10.6 Å². The van der Waals surface area contributed by atoms with Crippen LogP contribution in [0, 0.1) is 17.2 Å². The van der Waals surface area contributed by atoms with Gasteiger partial charge in [-0.2, -0.15) is 5.26 Å². The highest BCUT2D eigenvalue weighted by molar-refractivity contribution is 5.54. The van der Waals surface area contributed by atoms with Gasteiger partial charge in [-0.25, -0.2) is 4.98 Å². The molecule has 1 aromatic rings. The first-order chi connectivity index (χ1) is 7.24. The first kappa shape index (κ1) is 9.78. The summed E-state index contributed by atoms with van der Waals surface area (Å²) in [4.78, 5) is 6.37. The van der Waals surface area contributed by atoms with Crippen molar-refractivity contribution in [1.29, 1.82) is 5.26 Å². The van der Waals surface area contributed by atoms with Crippen LogP contribution >= 0.6 is 0 Å². The van der Waals surface area contributed by atoms with Gasteiger partial charge in [0.05, 0.1) is 23.9 Å². The van der Waals surface area contributed by atoms with E-state index in [1.54, 1.807) is 6.20 Å². The number of nitrogen functional groups attached to an aromatic ring is 1. The first-order valence-electron chi connectivity index (χ1n) is 5.13. The highest BCUT2D eigenvalue weighted by atomic mass is 15.2. The van der Waals surface area contributed by atoms with Crippen molar-refractivity contribution in [1.82, 2.24) is 4.98 Å². The number of nitrogens with zero attached hydrogens (tertiary/aromatic N) is 3. The van der Waals surface area contributed by atoms with Crippen LogP contribution in [-0.2, 0) is 6.42 Å². The molecule has 1 aliphatic heterocycles. The quantitative estimate of drug-likeness (QED) is 0.782. The fourth-order valence-corrected chi connectivity index (χ4v) is 1.72. The van der Waals surface area contributed by atoms with E-state index in [1.165, 1.54) is 0 Å². The fourth-order valence-electron chi connectivity index (χ4n) is 1.72. The largest absolute Gasteiger partial charge is 0.397 e. The Hall–Kier alpha value is -1.76. The van der Waals surface area contributed by atoms with Crippen molar-refractivity contribution < 1.29 is 0 Å². The molecule has 0 unspecified atom stereocenters. The van der Waals surface area contributed by atoms with Gasteiger partial charge in [0, 0.05) is 13.1 Å². The molecule has 1 aromatic heterocycles. The number of aromatic nitrogens is 1. The van der Waals surface area contributed by atoms with Crippen molar-refractivity contribution >= 4 is 11.5 Å². The van der Waals surface area contributed by atoms with Crippen LogP contribution in [0.5, 0.6) is 0 Å². The molecule has 1 saturated heterocycles. The molecule has 78 valence electrons. The second-order valence-electron chi connectivity index (χ2n) is 3.83. The third-order valence-corrected chi connectivity index (χ3v) is 2.78. The lowest BCUT2D eigenvalue weighted by Crippen LogP contribution is -2.46. The van der Waals surface area contributed by atoms with Gasteiger partial charge in [-0.05, 0) is 18.1 Å². The predicted octanol–water partition coefficient (Wildman–Crippen LogP) is 1.19. The standard InChI is InChI=1S/C11H14N4/c1-2-9-3-11(14-5-10(9)13)15-6-8(4-12)7-15/h3,5,8H,2,6-7,13H2,1H3. The van der Waals surface area contributed by atoms with E-state index in [1.807, 2.05) is 6.07 Å². The topological polar surface area (TPSA) is 65.9 Å². The number of rotatable bonds is 2. The Bertz CT molecular complexity index is 402. The number of anilines is 2. The smallest absolute Gasteiger partial charge is 0.128 e. The number of nitrogens with two attached hydrogens (primary N) is 1. The zero-order chi connectivity index (χ0) is 10.8. The summed E-state index contributed by atoms with van der Waals surface area (Å²) in [5.41, 5.74) is 7.65. The third-order valence-electron chi connectivity index (χ3n) is 2.78. The molecule has 1 fully saturated rings. The summed E-state index contributed by atoms with van der Waals surface area (Å²) in [5, 5.41) is 8.68. The predicted molar refractivity (Wildman–Crippen MR) is 59.3 cm³/mol. The van der Waals surface area contributed by atoms with E-state index in [0.717, 1.165) is 36.6 Å². The summed E-state index contributed by atoms with van der Waals surface area (Å²) >= 11 is 0. The number of pyridine rings is 1. The lowest BCUT2D eigenvalue weighted by atomic mass is 10.0. The van der Waals surface area contributed by atoms with Crippen LogP contribution in [0.15, 0.2) is 12.3 Å². The maximum Gasteiger partial charge on any atom is 0.128 e. The Balaban J connectivity index is 2.14. The lowest BCUT2D eigenvalue weighted by molar-refractivity contribution is 0.499. The molecule has 0 bridgehead atoms. The van der Waals surface area contributed by atoms with Crippen LogP contribution in [0.1, 0.15) is 12.5 Å². The molecular weight excluding hydrogens is 188 g/mol. The first-order valence-corrected chi connectivity index (χ1v) is 5.13. The zero-order valence-corrected chi connectivity index (χ0v) is 8.77. The van der Waals surface area contributed by atoms with Crippen LogP contribution in [0.25, 0.3) is 0 Å². The summed E-state index contributed by atoms with van der Waals surface area (Å²) in [6.07, 6.45) is 2.62. The molecule has 0 aromatic carbocycles. The molecule has 0 aliphatic carbocycles. The minimum Gasteiger partial charge on any atom is -0.397 e. The number of aryl methyl sites for hydroxylation is 1. The monoisotopic (exact) mass is 202 g/mol. The van der Waals surface area contributed by atoms with Gasteiger partial charge in [0.2, 0.25) is 0 Å². The number of hydrogen-bond acceptors (Lipinski definition) is 4. The molecule has 2 heterocycles. The average Bonchev–Trinajstić information content (AvgIpc) is 2.19. The molecule has 0 radical (unpaired) electrons. The van der Waals surface area contributed by atoms with Crippen molar-refractivity contribution in [2.75, 3.05) is 23.7 Å².